The van der Waals surface area contributed by atoms with Gasteiger partial charge in [-0.05, 0) is 46.2 Å². The average molecular weight is 403 g/mol. The van der Waals surface area contributed by atoms with Crippen LogP contribution in [0.1, 0.15) is 59.9 Å². The van der Waals surface area contributed by atoms with Gasteiger partial charge in [-0.2, -0.15) is 0 Å². The van der Waals surface area contributed by atoms with E-state index in [1.807, 2.05) is 6.92 Å². The smallest absolute Gasteiger partial charge is 0.321 e. The van der Waals surface area contributed by atoms with Crippen LogP contribution in [0.15, 0.2) is 18.2 Å². The molecule has 1 aliphatic heterocycles. The summed E-state index contributed by atoms with van der Waals surface area (Å²) >= 11 is 0. The molecule has 0 radical (unpaired) electrons. The molecular weight excluding hydrogens is 378 g/mol. The summed E-state index contributed by atoms with van der Waals surface area (Å²) in [6, 6.07) is 4.36. The third-order valence-electron chi connectivity index (χ3n) is 3.99. The van der Waals surface area contributed by atoms with Gasteiger partial charge in [-0.3, -0.25) is 29.4 Å². The molecule has 1 aromatic rings. The Bertz CT molecular complexity index is 856. The van der Waals surface area contributed by atoms with Gasteiger partial charge >= 0.3 is 12.0 Å². The number of esters is 1. The number of urea groups is 1. The van der Waals surface area contributed by atoms with Gasteiger partial charge in [0.15, 0.2) is 6.61 Å². The van der Waals surface area contributed by atoms with Crippen molar-refractivity contribution in [3.05, 3.63) is 34.9 Å². The molecule has 1 aliphatic rings. The minimum absolute atomic E-state index is 0.0701. The van der Waals surface area contributed by atoms with Crippen LogP contribution in [0.4, 0.5) is 4.79 Å². The third-order valence-corrected chi connectivity index (χ3v) is 3.99. The topological polar surface area (TPSA) is 122 Å². The van der Waals surface area contributed by atoms with Crippen molar-refractivity contribution in [3.8, 4) is 0 Å². The van der Waals surface area contributed by atoms with Gasteiger partial charge in [0.25, 0.3) is 17.7 Å². The Labute approximate surface area is 168 Å². The van der Waals surface area contributed by atoms with Crippen molar-refractivity contribution in [2.24, 2.45) is 0 Å². The number of ether oxygens (including phenoxy) is 1. The lowest BCUT2D eigenvalue weighted by Gasteiger charge is -2.20. The van der Waals surface area contributed by atoms with E-state index in [1.165, 1.54) is 0 Å². The second-order valence-corrected chi connectivity index (χ2v) is 7.83. The van der Waals surface area contributed by atoms with Crippen LogP contribution in [0.5, 0.6) is 0 Å². The number of benzene rings is 1. The summed E-state index contributed by atoms with van der Waals surface area (Å²) in [6.07, 6.45) is 0.128. The van der Waals surface area contributed by atoms with Crippen LogP contribution in [0.3, 0.4) is 0 Å². The fourth-order valence-electron chi connectivity index (χ4n) is 2.74. The number of hydrogen-bond acceptors (Lipinski definition) is 6. The molecule has 9 heteroatoms. The van der Waals surface area contributed by atoms with Gasteiger partial charge in [-0.25, -0.2) is 4.79 Å². The number of rotatable bonds is 6. The first-order valence-electron chi connectivity index (χ1n) is 9.22. The maximum absolute atomic E-state index is 12.3. The van der Waals surface area contributed by atoms with Gasteiger partial charge in [-0.1, -0.05) is 11.6 Å². The Hall–Kier alpha value is -3.23. The zero-order valence-electron chi connectivity index (χ0n) is 17.0. The van der Waals surface area contributed by atoms with Gasteiger partial charge < -0.3 is 10.1 Å². The lowest BCUT2D eigenvalue weighted by Crippen LogP contribution is -2.49. The van der Waals surface area contributed by atoms with Crippen LogP contribution in [-0.2, 0) is 14.3 Å². The van der Waals surface area contributed by atoms with Gasteiger partial charge in [-0.15, -0.1) is 0 Å². The second-order valence-electron chi connectivity index (χ2n) is 7.83. The molecular formula is C20H25N3O6. The van der Waals surface area contributed by atoms with Crippen LogP contribution in [0, 0.1) is 6.92 Å². The lowest BCUT2D eigenvalue weighted by molar-refractivity contribution is -0.148. The lowest BCUT2D eigenvalue weighted by atomic mass is 10.1. The van der Waals surface area contributed by atoms with Crippen molar-refractivity contribution < 1.29 is 28.7 Å². The number of carbonyl (C=O) groups excluding carboxylic acids is 5. The molecule has 2 N–H and O–H groups in total. The van der Waals surface area contributed by atoms with E-state index in [9.17, 15) is 24.0 Å². The Balaban J connectivity index is 1.73. The quantitative estimate of drug-likeness (QED) is 0.549. The molecule has 2 rings (SSSR count). The minimum Gasteiger partial charge on any atom is -0.456 e. The fraction of sp³-hybridized carbons (Fsp3) is 0.450. The van der Waals surface area contributed by atoms with Crippen LogP contribution in [0.2, 0.25) is 0 Å². The maximum Gasteiger partial charge on any atom is 0.321 e. The predicted molar refractivity (Wildman–Crippen MR) is 103 cm³/mol. The molecule has 0 saturated heterocycles. The number of aryl methyl sites for hydroxylation is 1. The van der Waals surface area contributed by atoms with Crippen LogP contribution < -0.4 is 10.6 Å². The number of amides is 5. The molecule has 0 aliphatic carbocycles. The van der Waals surface area contributed by atoms with Crippen LogP contribution in [0.25, 0.3) is 0 Å². The highest BCUT2D eigenvalue weighted by Gasteiger charge is 2.35. The molecule has 156 valence electrons. The van der Waals surface area contributed by atoms with Crippen molar-refractivity contribution in [1.82, 2.24) is 15.5 Å². The average Bonchev–Trinajstić information content (AvgIpc) is 2.82. The Morgan fingerprint density at radius 3 is 2.38 bits per heavy atom. The fourth-order valence-corrected chi connectivity index (χ4v) is 2.74. The van der Waals surface area contributed by atoms with Gasteiger partial charge in [0.2, 0.25) is 0 Å². The Morgan fingerprint density at radius 2 is 1.72 bits per heavy atom. The largest absolute Gasteiger partial charge is 0.456 e. The molecule has 0 aromatic heterocycles. The normalized spacial score (nSPS) is 13.2. The van der Waals surface area contributed by atoms with E-state index in [0.717, 1.165) is 10.5 Å². The van der Waals surface area contributed by atoms with E-state index in [2.05, 4.69) is 10.6 Å². The van der Waals surface area contributed by atoms with Crippen LogP contribution >= 0.6 is 0 Å². The number of carbonyl (C=O) groups is 5. The number of hydrogen-bond donors (Lipinski definition) is 2. The first-order chi connectivity index (χ1) is 13.5. The zero-order chi connectivity index (χ0) is 21.8. The SMILES string of the molecule is Cc1ccc2c(c1)C(=O)N(CCCC(=O)OCC(=O)NC(=O)NC(C)(C)C)C2=O. The first-order valence-corrected chi connectivity index (χ1v) is 9.22. The zero-order valence-corrected chi connectivity index (χ0v) is 17.0. The summed E-state index contributed by atoms with van der Waals surface area (Å²) in [5.41, 5.74) is 1.09. The highest BCUT2D eigenvalue weighted by Crippen LogP contribution is 2.24. The predicted octanol–water partition coefficient (Wildman–Crippen LogP) is 1.54. The Morgan fingerprint density at radius 1 is 1.07 bits per heavy atom. The van der Waals surface area contributed by atoms with E-state index < -0.39 is 30.1 Å². The number of nitrogens with one attached hydrogen (secondary N) is 2. The summed E-state index contributed by atoms with van der Waals surface area (Å²) in [6.45, 7) is 6.58. The van der Waals surface area contributed by atoms with Gasteiger partial charge in [0.1, 0.15) is 0 Å². The molecule has 5 amide bonds. The Kier molecular flexibility index (Phi) is 6.73. The molecule has 0 saturated carbocycles. The summed E-state index contributed by atoms with van der Waals surface area (Å²) in [4.78, 5) is 60.7. The van der Waals surface area contributed by atoms with E-state index in [-0.39, 0.29) is 31.2 Å². The van der Waals surface area contributed by atoms with Crippen molar-refractivity contribution in [2.45, 2.75) is 46.1 Å². The van der Waals surface area contributed by atoms with Crippen molar-refractivity contribution in [3.63, 3.8) is 0 Å². The number of fused-ring (bicyclic) bond motifs is 1. The van der Waals surface area contributed by atoms with Crippen LogP contribution in [-0.4, -0.2) is 53.3 Å². The number of nitrogens with zero attached hydrogens (tertiary/aromatic N) is 1. The maximum atomic E-state index is 12.3. The van der Waals surface area contributed by atoms with E-state index in [4.69, 9.17) is 4.74 Å². The molecule has 0 bridgehead atoms. The van der Waals surface area contributed by atoms with E-state index in [1.54, 1.807) is 39.0 Å². The molecule has 0 atom stereocenters. The standard InChI is InChI=1S/C20H25N3O6/c1-12-7-8-13-14(10-12)18(27)23(17(13)26)9-5-6-16(25)29-11-15(24)21-19(28)22-20(2,3)4/h7-8,10H,5-6,9,11H2,1-4H3,(H2,21,22,24,28). The molecule has 29 heavy (non-hydrogen) atoms. The first kappa shape index (κ1) is 22.1. The van der Waals surface area contributed by atoms with Crippen molar-refractivity contribution in [2.75, 3.05) is 13.2 Å². The molecule has 0 unspecified atom stereocenters. The highest BCUT2D eigenvalue weighted by molar-refractivity contribution is 6.21. The third kappa shape index (κ3) is 6.13. The monoisotopic (exact) mass is 403 g/mol. The molecule has 1 heterocycles. The molecule has 0 spiro atoms. The van der Waals surface area contributed by atoms with Crippen molar-refractivity contribution >= 4 is 29.7 Å². The van der Waals surface area contributed by atoms with Crippen molar-refractivity contribution in [1.29, 1.82) is 0 Å². The summed E-state index contributed by atoms with van der Waals surface area (Å²) in [5.74, 6) is -2.19. The molecule has 0 fully saturated rings. The van der Waals surface area contributed by atoms with Gasteiger partial charge in [0.05, 0.1) is 11.1 Å². The summed E-state index contributed by atoms with van der Waals surface area (Å²) in [7, 11) is 0. The summed E-state index contributed by atoms with van der Waals surface area (Å²) < 4.78 is 4.81. The van der Waals surface area contributed by atoms with E-state index in [0.29, 0.717) is 11.1 Å². The highest BCUT2D eigenvalue weighted by atomic mass is 16.5. The molecule has 9 nitrogen and oxygen atoms in total. The summed E-state index contributed by atoms with van der Waals surface area (Å²) in [5, 5.41) is 4.60. The van der Waals surface area contributed by atoms with E-state index >= 15 is 0 Å². The number of imide groups is 2. The molecule has 1 aromatic carbocycles. The second kappa shape index (κ2) is 8.85. The van der Waals surface area contributed by atoms with Gasteiger partial charge in [0, 0.05) is 18.5 Å². The minimum atomic E-state index is -0.754.